The molecule has 1 unspecified atom stereocenters. The molecule has 4 nitrogen and oxygen atoms in total. The average molecular weight is 231 g/mol. The molecule has 0 amide bonds. The van der Waals surface area contributed by atoms with Gasteiger partial charge in [0.2, 0.25) is 11.6 Å². The Bertz CT molecular complexity index is 566. The van der Waals surface area contributed by atoms with Gasteiger partial charge in [0.25, 0.3) is 0 Å². The number of aryl methyl sites for hydroxylation is 1. The standard InChI is InChI=1S/C12H10FN3O/c13-12(9-4-2-1-3-5-9)7-6-11-14-10(8-17)15-16(11)12/h1-5,8H,6-7H2. The zero-order valence-corrected chi connectivity index (χ0v) is 9.01. The monoisotopic (exact) mass is 231 g/mol. The molecule has 5 heteroatoms. The number of carbonyl (C=O) groups excluding carboxylic acids is 1. The summed E-state index contributed by atoms with van der Waals surface area (Å²) in [6.45, 7) is 0. The lowest BCUT2D eigenvalue weighted by molar-refractivity contribution is 0.108. The summed E-state index contributed by atoms with van der Waals surface area (Å²) in [5, 5.41) is 3.90. The number of aldehydes is 1. The van der Waals surface area contributed by atoms with Gasteiger partial charge >= 0.3 is 0 Å². The number of benzene rings is 1. The molecular weight excluding hydrogens is 221 g/mol. The average Bonchev–Trinajstić information content (AvgIpc) is 2.92. The Morgan fingerprint density at radius 1 is 1.35 bits per heavy atom. The van der Waals surface area contributed by atoms with Crippen LogP contribution >= 0.6 is 0 Å². The zero-order chi connectivity index (χ0) is 11.9. The van der Waals surface area contributed by atoms with Gasteiger partial charge in [0.15, 0.2) is 6.29 Å². The van der Waals surface area contributed by atoms with Crippen molar-refractivity contribution in [3.63, 3.8) is 0 Å². The van der Waals surface area contributed by atoms with Gasteiger partial charge in [-0.25, -0.2) is 14.1 Å². The quantitative estimate of drug-likeness (QED) is 0.739. The van der Waals surface area contributed by atoms with Crippen LogP contribution in [0.25, 0.3) is 0 Å². The van der Waals surface area contributed by atoms with Gasteiger partial charge in [-0.05, 0) is 0 Å². The molecule has 0 aliphatic carbocycles. The Morgan fingerprint density at radius 3 is 2.82 bits per heavy atom. The fourth-order valence-electron chi connectivity index (χ4n) is 2.20. The molecule has 0 N–H and O–H groups in total. The first kappa shape index (κ1) is 10.1. The van der Waals surface area contributed by atoms with Gasteiger partial charge in [-0.3, -0.25) is 4.79 Å². The first-order valence-corrected chi connectivity index (χ1v) is 5.40. The zero-order valence-electron chi connectivity index (χ0n) is 9.01. The number of hydrogen-bond donors (Lipinski definition) is 0. The van der Waals surface area contributed by atoms with Crippen LogP contribution in [0.4, 0.5) is 4.39 Å². The molecule has 0 spiro atoms. The van der Waals surface area contributed by atoms with Crippen molar-refractivity contribution in [2.45, 2.75) is 18.6 Å². The van der Waals surface area contributed by atoms with E-state index in [-0.39, 0.29) is 5.82 Å². The summed E-state index contributed by atoms with van der Waals surface area (Å²) < 4.78 is 16.2. The van der Waals surface area contributed by atoms with E-state index in [0.29, 0.717) is 30.5 Å². The number of alkyl halides is 1. The van der Waals surface area contributed by atoms with Crippen LogP contribution in [0.1, 0.15) is 28.4 Å². The van der Waals surface area contributed by atoms with Crippen LogP contribution in [0.15, 0.2) is 30.3 Å². The van der Waals surface area contributed by atoms with Crippen LogP contribution < -0.4 is 0 Å². The topological polar surface area (TPSA) is 47.8 Å². The molecular formula is C12H10FN3O. The van der Waals surface area contributed by atoms with Gasteiger partial charge in [-0.2, -0.15) is 0 Å². The molecule has 1 aliphatic rings. The second kappa shape index (κ2) is 3.48. The number of carbonyl (C=O) groups is 1. The SMILES string of the molecule is O=Cc1nc2n(n1)C(F)(c1ccccc1)CC2. The third-order valence-corrected chi connectivity index (χ3v) is 3.03. The number of nitrogens with zero attached hydrogens (tertiary/aromatic N) is 3. The van der Waals surface area contributed by atoms with E-state index in [9.17, 15) is 9.18 Å². The van der Waals surface area contributed by atoms with Gasteiger partial charge in [0, 0.05) is 18.4 Å². The normalized spacial score (nSPS) is 22.4. The van der Waals surface area contributed by atoms with E-state index >= 15 is 0 Å². The first-order valence-electron chi connectivity index (χ1n) is 5.40. The lowest BCUT2D eigenvalue weighted by atomic mass is 10.0. The van der Waals surface area contributed by atoms with E-state index in [1.165, 1.54) is 4.68 Å². The molecule has 1 aromatic heterocycles. The number of halogens is 1. The largest absolute Gasteiger partial charge is 0.294 e. The van der Waals surface area contributed by atoms with Crippen molar-refractivity contribution in [1.29, 1.82) is 0 Å². The molecule has 0 saturated carbocycles. The van der Waals surface area contributed by atoms with Crippen molar-refractivity contribution in [3.05, 3.63) is 47.5 Å². The molecule has 2 aromatic rings. The molecule has 1 atom stereocenters. The molecule has 0 bridgehead atoms. The fourth-order valence-corrected chi connectivity index (χ4v) is 2.20. The van der Waals surface area contributed by atoms with E-state index in [2.05, 4.69) is 10.1 Å². The van der Waals surface area contributed by atoms with Crippen molar-refractivity contribution in [3.8, 4) is 0 Å². The number of aromatic nitrogens is 3. The van der Waals surface area contributed by atoms with E-state index < -0.39 is 5.79 Å². The molecule has 0 radical (unpaired) electrons. The molecule has 2 heterocycles. The maximum atomic E-state index is 14.9. The third-order valence-electron chi connectivity index (χ3n) is 3.03. The van der Waals surface area contributed by atoms with E-state index in [4.69, 9.17) is 0 Å². The van der Waals surface area contributed by atoms with Crippen molar-refractivity contribution >= 4 is 6.29 Å². The van der Waals surface area contributed by atoms with Crippen molar-refractivity contribution in [2.75, 3.05) is 0 Å². The Hall–Kier alpha value is -2.04. The van der Waals surface area contributed by atoms with Crippen molar-refractivity contribution < 1.29 is 9.18 Å². The van der Waals surface area contributed by atoms with E-state index in [1.807, 2.05) is 6.07 Å². The van der Waals surface area contributed by atoms with Gasteiger partial charge in [-0.1, -0.05) is 30.3 Å². The second-order valence-electron chi connectivity index (χ2n) is 4.04. The summed E-state index contributed by atoms with van der Waals surface area (Å²) >= 11 is 0. The highest BCUT2D eigenvalue weighted by Crippen LogP contribution is 2.38. The highest BCUT2D eigenvalue weighted by atomic mass is 19.1. The smallest absolute Gasteiger partial charge is 0.229 e. The lowest BCUT2D eigenvalue weighted by Gasteiger charge is -2.20. The molecule has 86 valence electrons. The van der Waals surface area contributed by atoms with Crippen LogP contribution in [0.5, 0.6) is 0 Å². The van der Waals surface area contributed by atoms with Crippen LogP contribution in [0.3, 0.4) is 0 Å². The maximum absolute atomic E-state index is 14.9. The van der Waals surface area contributed by atoms with Gasteiger partial charge in [0.1, 0.15) is 5.82 Å². The molecule has 1 aliphatic heterocycles. The summed E-state index contributed by atoms with van der Waals surface area (Å²) in [7, 11) is 0. The summed E-state index contributed by atoms with van der Waals surface area (Å²) in [4.78, 5) is 14.6. The van der Waals surface area contributed by atoms with Crippen molar-refractivity contribution in [2.24, 2.45) is 0 Å². The van der Waals surface area contributed by atoms with Crippen LogP contribution in [-0.2, 0) is 12.2 Å². The van der Waals surface area contributed by atoms with Crippen LogP contribution in [0.2, 0.25) is 0 Å². The Labute approximate surface area is 97.1 Å². The van der Waals surface area contributed by atoms with Crippen LogP contribution in [0, 0.1) is 0 Å². The number of hydrogen-bond acceptors (Lipinski definition) is 3. The van der Waals surface area contributed by atoms with Gasteiger partial charge in [-0.15, -0.1) is 5.10 Å². The molecule has 1 aromatic carbocycles. The summed E-state index contributed by atoms with van der Waals surface area (Å²) in [5.74, 6) is -1.11. The lowest BCUT2D eigenvalue weighted by Crippen LogP contribution is -2.27. The molecule has 3 rings (SSSR count). The maximum Gasteiger partial charge on any atom is 0.229 e. The Kier molecular flexibility index (Phi) is 2.07. The molecule has 0 saturated heterocycles. The van der Waals surface area contributed by atoms with E-state index in [0.717, 1.165) is 0 Å². The highest BCUT2D eigenvalue weighted by molar-refractivity contribution is 5.68. The van der Waals surface area contributed by atoms with Crippen molar-refractivity contribution in [1.82, 2.24) is 14.8 Å². The first-order chi connectivity index (χ1) is 8.24. The predicted molar refractivity (Wildman–Crippen MR) is 58.4 cm³/mol. The Morgan fingerprint density at radius 2 is 2.12 bits per heavy atom. The molecule has 0 fully saturated rings. The van der Waals surface area contributed by atoms with E-state index in [1.54, 1.807) is 24.3 Å². The Balaban J connectivity index is 2.13. The van der Waals surface area contributed by atoms with Crippen LogP contribution in [-0.4, -0.2) is 21.1 Å². The minimum absolute atomic E-state index is 0.0395. The number of rotatable bonds is 2. The fraction of sp³-hybridized carbons (Fsp3) is 0.250. The second-order valence-corrected chi connectivity index (χ2v) is 4.04. The minimum atomic E-state index is -1.68. The van der Waals surface area contributed by atoms with Gasteiger partial charge < -0.3 is 0 Å². The minimum Gasteiger partial charge on any atom is -0.294 e. The van der Waals surface area contributed by atoms with Gasteiger partial charge in [0.05, 0.1) is 0 Å². The predicted octanol–water partition coefficient (Wildman–Crippen LogP) is 1.71. The summed E-state index contributed by atoms with van der Waals surface area (Å²) in [6.07, 6.45) is 1.34. The molecule has 17 heavy (non-hydrogen) atoms. The highest BCUT2D eigenvalue weighted by Gasteiger charge is 2.42. The third kappa shape index (κ3) is 1.39. The summed E-state index contributed by atoms with van der Waals surface area (Å²) in [5.41, 5.74) is 0.543. The number of fused-ring (bicyclic) bond motifs is 1. The summed E-state index contributed by atoms with van der Waals surface area (Å²) in [6, 6.07) is 8.84.